The normalized spacial score (nSPS) is 10.7. The first-order chi connectivity index (χ1) is 10.2. The topological polar surface area (TPSA) is 71.8 Å². The molecular formula is C14H23N7. The highest BCUT2D eigenvalue weighted by Gasteiger charge is 2.12. The largest absolute Gasteiger partial charge is 0.357 e. The van der Waals surface area contributed by atoms with Gasteiger partial charge in [-0.25, -0.2) is 4.98 Å². The lowest BCUT2D eigenvalue weighted by Crippen LogP contribution is -2.25. The zero-order valence-corrected chi connectivity index (χ0v) is 13.2. The third kappa shape index (κ3) is 3.48. The molecule has 0 atom stereocenters. The van der Waals surface area contributed by atoms with E-state index in [1.54, 1.807) is 0 Å². The summed E-state index contributed by atoms with van der Waals surface area (Å²) in [4.78, 5) is 19.9. The Labute approximate surface area is 125 Å². The number of hydrogen-bond acceptors (Lipinski definition) is 6. The minimum atomic E-state index is 0.594. The van der Waals surface area contributed by atoms with Gasteiger partial charge in [-0.1, -0.05) is 0 Å². The molecule has 0 unspecified atom stereocenters. The number of aromatic nitrogens is 5. The van der Waals surface area contributed by atoms with Crippen molar-refractivity contribution in [1.29, 1.82) is 0 Å². The molecule has 0 saturated heterocycles. The molecule has 114 valence electrons. The average Bonchev–Trinajstić information content (AvgIpc) is 2.95. The molecule has 2 aromatic heterocycles. The molecule has 2 rings (SSSR count). The van der Waals surface area contributed by atoms with Gasteiger partial charge < -0.3 is 14.8 Å². The third-order valence-electron chi connectivity index (χ3n) is 3.40. The molecule has 7 nitrogen and oxygen atoms in total. The smallest absolute Gasteiger partial charge is 0.230 e. The zero-order chi connectivity index (χ0) is 15.2. The van der Waals surface area contributed by atoms with Crippen LogP contribution in [0.2, 0.25) is 0 Å². The molecule has 0 spiro atoms. The van der Waals surface area contributed by atoms with Crippen molar-refractivity contribution < 1.29 is 0 Å². The number of hydrogen-bond donors (Lipinski definition) is 1. The Morgan fingerprint density at radius 3 is 2.52 bits per heavy atom. The van der Waals surface area contributed by atoms with Crippen molar-refractivity contribution in [2.75, 3.05) is 30.4 Å². The van der Waals surface area contributed by atoms with E-state index >= 15 is 0 Å². The van der Waals surface area contributed by atoms with Gasteiger partial charge in [0.2, 0.25) is 11.9 Å². The molecular weight excluding hydrogens is 266 g/mol. The third-order valence-corrected chi connectivity index (χ3v) is 3.40. The summed E-state index contributed by atoms with van der Waals surface area (Å²) >= 11 is 0. The Hall–Kier alpha value is -2.18. The summed E-state index contributed by atoms with van der Waals surface area (Å²) in [5.41, 5.74) is 0. The lowest BCUT2D eigenvalue weighted by molar-refractivity contribution is 0.698. The van der Waals surface area contributed by atoms with Gasteiger partial charge in [0.15, 0.2) is 0 Å². The predicted octanol–water partition coefficient (Wildman–Crippen LogP) is 1.57. The second-order valence-electron chi connectivity index (χ2n) is 4.60. The van der Waals surface area contributed by atoms with Crippen LogP contribution in [0.4, 0.5) is 11.9 Å². The van der Waals surface area contributed by atoms with Gasteiger partial charge in [0, 0.05) is 39.1 Å². The first-order valence-electron chi connectivity index (χ1n) is 7.39. The molecule has 21 heavy (non-hydrogen) atoms. The summed E-state index contributed by atoms with van der Waals surface area (Å²) in [6.45, 7) is 8.91. The Morgan fingerprint density at radius 2 is 1.90 bits per heavy atom. The van der Waals surface area contributed by atoms with Crippen LogP contribution in [0.5, 0.6) is 0 Å². The van der Waals surface area contributed by atoms with Crippen LogP contribution in [-0.2, 0) is 13.0 Å². The Morgan fingerprint density at radius 1 is 1.14 bits per heavy atom. The van der Waals surface area contributed by atoms with Crippen molar-refractivity contribution >= 4 is 11.9 Å². The molecule has 0 aliphatic rings. The van der Waals surface area contributed by atoms with Crippen molar-refractivity contribution in [2.45, 2.75) is 33.7 Å². The Bertz CT molecular complexity index is 574. The van der Waals surface area contributed by atoms with E-state index in [1.165, 1.54) is 0 Å². The van der Waals surface area contributed by atoms with E-state index in [9.17, 15) is 0 Å². The maximum Gasteiger partial charge on any atom is 0.230 e. The van der Waals surface area contributed by atoms with Crippen molar-refractivity contribution in [3.63, 3.8) is 0 Å². The van der Waals surface area contributed by atoms with Gasteiger partial charge in [0.25, 0.3) is 0 Å². The summed E-state index contributed by atoms with van der Waals surface area (Å²) in [7, 11) is 1.82. The maximum atomic E-state index is 4.58. The molecule has 2 aromatic rings. The second kappa shape index (κ2) is 7.01. The minimum Gasteiger partial charge on any atom is -0.357 e. The van der Waals surface area contributed by atoms with Crippen LogP contribution in [0.15, 0.2) is 12.4 Å². The average molecular weight is 289 g/mol. The molecule has 0 aromatic carbocycles. The number of anilines is 2. The van der Waals surface area contributed by atoms with Gasteiger partial charge in [-0.2, -0.15) is 15.0 Å². The number of imidazole rings is 1. The van der Waals surface area contributed by atoms with Crippen LogP contribution >= 0.6 is 0 Å². The highest BCUT2D eigenvalue weighted by molar-refractivity contribution is 5.36. The van der Waals surface area contributed by atoms with Gasteiger partial charge >= 0.3 is 0 Å². The number of nitrogens with one attached hydrogen (secondary N) is 1. The van der Waals surface area contributed by atoms with Gasteiger partial charge in [-0.15, -0.1) is 0 Å². The second-order valence-corrected chi connectivity index (χ2v) is 4.60. The summed E-state index contributed by atoms with van der Waals surface area (Å²) in [6.07, 6.45) is 4.39. The van der Waals surface area contributed by atoms with E-state index in [1.807, 2.05) is 19.4 Å². The monoisotopic (exact) mass is 289 g/mol. The van der Waals surface area contributed by atoms with Crippen molar-refractivity contribution in [3.8, 4) is 0 Å². The SMILES string of the molecule is CCN(CC)c1nc(Cc2nccn2CC)nc(NC)n1. The summed E-state index contributed by atoms with van der Waals surface area (Å²) in [5, 5.41) is 3.00. The Kier molecular flexibility index (Phi) is 5.08. The van der Waals surface area contributed by atoms with Gasteiger partial charge in [-0.05, 0) is 20.8 Å². The predicted molar refractivity (Wildman–Crippen MR) is 83.6 cm³/mol. The van der Waals surface area contributed by atoms with Crippen molar-refractivity contribution in [2.24, 2.45) is 0 Å². The van der Waals surface area contributed by atoms with E-state index in [4.69, 9.17) is 0 Å². The molecule has 0 aliphatic carbocycles. The highest BCUT2D eigenvalue weighted by Crippen LogP contribution is 2.12. The fourth-order valence-electron chi connectivity index (χ4n) is 2.18. The molecule has 0 radical (unpaired) electrons. The van der Waals surface area contributed by atoms with Crippen LogP contribution in [0, 0.1) is 0 Å². The van der Waals surface area contributed by atoms with Gasteiger partial charge in [-0.3, -0.25) is 0 Å². The highest BCUT2D eigenvalue weighted by atomic mass is 15.3. The van der Waals surface area contributed by atoms with Gasteiger partial charge in [0.1, 0.15) is 11.6 Å². The molecule has 0 fully saturated rings. The van der Waals surface area contributed by atoms with Crippen LogP contribution in [0.3, 0.4) is 0 Å². The van der Waals surface area contributed by atoms with Crippen LogP contribution < -0.4 is 10.2 Å². The summed E-state index contributed by atoms with van der Waals surface area (Å²) in [5.74, 6) is 3.01. The van der Waals surface area contributed by atoms with E-state index in [0.29, 0.717) is 18.3 Å². The van der Waals surface area contributed by atoms with Crippen LogP contribution in [-0.4, -0.2) is 44.6 Å². The first kappa shape index (κ1) is 15.2. The fraction of sp³-hybridized carbons (Fsp3) is 0.571. The molecule has 0 amide bonds. The lowest BCUT2D eigenvalue weighted by atomic mass is 10.3. The summed E-state index contributed by atoms with van der Waals surface area (Å²) in [6, 6.07) is 0. The molecule has 7 heteroatoms. The molecule has 0 bridgehead atoms. The quantitative estimate of drug-likeness (QED) is 0.834. The lowest BCUT2D eigenvalue weighted by Gasteiger charge is -2.19. The van der Waals surface area contributed by atoms with E-state index in [2.05, 4.69) is 55.5 Å². The Balaban J connectivity index is 2.32. The van der Waals surface area contributed by atoms with Gasteiger partial charge in [0.05, 0.1) is 6.42 Å². The molecule has 1 N–H and O–H groups in total. The number of rotatable bonds is 7. The first-order valence-corrected chi connectivity index (χ1v) is 7.39. The fourth-order valence-corrected chi connectivity index (χ4v) is 2.18. The van der Waals surface area contributed by atoms with Crippen molar-refractivity contribution in [1.82, 2.24) is 24.5 Å². The minimum absolute atomic E-state index is 0.594. The van der Waals surface area contributed by atoms with E-state index in [0.717, 1.165) is 31.3 Å². The summed E-state index contributed by atoms with van der Waals surface area (Å²) < 4.78 is 2.10. The maximum absolute atomic E-state index is 4.58. The number of nitrogens with zero attached hydrogens (tertiary/aromatic N) is 6. The van der Waals surface area contributed by atoms with E-state index in [-0.39, 0.29) is 0 Å². The molecule has 0 saturated carbocycles. The standard InChI is InChI=1S/C14H23N7/c1-5-20(6-2)14-18-11(17-13(15-4)19-14)10-12-16-8-9-21(12)7-3/h8-9H,5-7,10H2,1-4H3,(H,15,17,18,19). The van der Waals surface area contributed by atoms with E-state index < -0.39 is 0 Å². The zero-order valence-electron chi connectivity index (χ0n) is 13.2. The van der Waals surface area contributed by atoms with Crippen LogP contribution in [0.25, 0.3) is 0 Å². The van der Waals surface area contributed by atoms with Crippen LogP contribution in [0.1, 0.15) is 32.4 Å². The van der Waals surface area contributed by atoms with Crippen molar-refractivity contribution in [3.05, 3.63) is 24.0 Å². The number of aryl methyl sites for hydroxylation is 1. The molecule has 2 heterocycles. The molecule has 0 aliphatic heterocycles.